The van der Waals surface area contributed by atoms with Gasteiger partial charge in [0, 0.05) is 24.5 Å². The van der Waals surface area contributed by atoms with E-state index in [-0.39, 0.29) is 0 Å². The summed E-state index contributed by atoms with van der Waals surface area (Å²) < 4.78 is 2.13. The molecule has 1 unspecified atom stereocenters. The lowest BCUT2D eigenvalue weighted by atomic mass is 10.1. The molecule has 1 heterocycles. The molecule has 0 fully saturated rings. The highest BCUT2D eigenvalue weighted by Gasteiger charge is 2.05. The summed E-state index contributed by atoms with van der Waals surface area (Å²) in [6, 6.07) is 2.74. The van der Waals surface area contributed by atoms with Gasteiger partial charge >= 0.3 is 0 Å². The number of hydrogen-bond donors (Lipinski definition) is 1. The maximum absolute atomic E-state index is 4.34. The van der Waals surface area contributed by atoms with E-state index in [0.29, 0.717) is 6.04 Å². The van der Waals surface area contributed by atoms with Crippen LogP contribution in [0, 0.1) is 0 Å². The Bertz CT molecular complexity index is 280. The average Bonchev–Trinajstić information content (AvgIpc) is 2.72. The molecule has 1 aromatic heterocycles. The van der Waals surface area contributed by atoms with Gasteiger partial charge in [0.15, 0.2) is 0 Å². The van der Waals surface area contributed by atoms with Crippen LogP contribution in [-0.4, -0.2) is 22.4 Å². The van der Waals surface area contributed by atoms with Gasteiger partial charge in [-0.15, -0.1) is 0 Å². The Morgan fingerprint density at radius 1 is 1.38 bits per heavy atom. The standard InChI is InChI=1S/C13H25N3/c1-4-9-14-12(3)6-7-13-8-10-15-16(13)11-5-2/h8,10,12,14H,4-7,9,11H2,1-3H3. The number of hydrogen-bond acceptors (Lipinski definition) is 2. The van der Waals surface area contributed by atoms with Crippen molar-refractivity contribution in [1.29, 1.82) is 0 Å². The molecule has 1 atom stereocenters. The SMILES string of the molecule is CCCNC(C)CCc1ccnn1CCC. The van der Waals surface area contributed by atoms with Gasteiger partial charge in [0.05, 0.1) is 0 Å². The second-order valence-corrected chi connectivity index (χ2v) is 4.44. The first-order chi connectivity index (χ1) is 7.77. The minimum atomic E-state index is 0.602. The zero-order valence-electron chi connectivity index (χ0n) is 10.9. The quantitative estimate of drug-likeness (QED) is 0.734. The molecule has 92 valence electrons. The summed E-state index contributed by atoms with van der Waals surface area (Å²) >= 11 is 0. The summed E-state index contributed by atoms with van der Waals surface area (Å²) in [5.41, 5.74) is 1.37. The summed E-state index contributed by atoms with van der Waals surface area (Å²) in [5.74, 6) is 0. The summed E-state index contributed by atoms with van der Waals surface area (Å²) in [4.78, 5) is 0. The molecule has 0 saturated heterocycles. The van der Waals surface area contributed by atoms with E-state index in [1.165, 1.54) is 18.5 Å². The van der Waals surface area contributed by atoms with E-state index in [1.807, 2.05) is 6.20 Å². The van der Waals surface area contributed by atoms with Crippen molar-refractivity contribution in [3.63, 3.8) is 0 Å². The van der Waals surface area contributed by atoms with E-state index in [2.05, 4.69) is 41.9 Å². The molecular formula is C13H25N3. The van der Waals surface area contributed by atoms with Crippen molar-refractivity contribution in [3.8, 4) is 0 Å². The minimum Gasteiger partial charge on any atom is -0.314 e. The molecule has 0 radical (unpaired) electrons. The Balaban J connectivity index is 2.32. The molecule has 0 bridgehead atoms. The van der Waals surface area contributed by atoms with Crippen LogP contribution in [0.3, 0.4) is 0 Å². The maximum atomic E-state index is 4.34. The zero-order chi connectivity index (χ0) is 11.8. The number of nitrogens with one attached hydrogen (secondary N) is 1. The van der Waals surface area contributed by atoms with E-state index in [1.54, 1.807) is 0 Å². The number of aromatic nitrogens is 2. The van der Waals surface area contributed by atoms with Crippen molar-refractivity contribution < 1.29 is 0 Å². The van der Waals surface area contributed by atoms with Gasteiger partial charge in [-0.25, -0.2) is 0 Å². The van der Waals surface area contributed by atoms with Crippen molar-refractivity contribution in [2.45, 2.75) is 59.0 Å². The lowest BCUT2D eigenvalue weighted by molar-refractivity contribution is 0.495. The summed E-state index contributed by atoms with van der Waals surface area (Å²) in [6.45, 7) is 8.82. The first kappa shape index (κ1) is 13.2. The largest absolute Gasteiger partial charge is 0.314 e. The van der Waals surface area contributed by atoms with Crippen LogP contribution >= 0.6 is 0 Å². The topological polar surface area (TPSA) is 29.9 Å². The van der Waals surface area contributed by atoms with Crippen molar-refractivity contribution in [3.05, 3.63) is 18.0 Å². The van der Waals surface area contributed by atoms with Crippen molar-refractivity contribution in [2.24, 2.45) is 0 Å². The third-order valence-electron chi connectivity index (χ3n) is 2.82. The monoisotopic (exact) mass is 223 g/mol. The molecule has 3 heteroatoms. The third kappa shape index (κ3) is 4.35. The van der Waals surface area contributed by atoms with E-state index in [4.69, 9.17) is 0 Å². The Morgan fingerprint density at radius 2 is 2.19 bits per heavy atom. The van der Waals surface area contributed by atoms with Gasteiger partial charge < -0.3 is 5.32 Å². The fourth-order valence-electron chi connectivity index (χ4n) is 1.84. The van der Waals surface area contributed by atoms with Crippen LogP contribution in [0.5, 0.6) is 0 Å². The molecule has 0 aliphatic carbocycles. The molecule has 0 aromatic carbocycles. The first-order valence-corrected chi connectivity index (χ1v) is 6.52. The molecule has 1 rings (SSSR count). The predicted molar refractivity (Wildman–Crippen MR) is 68.6 cm³/mol. The van der Waals surface area contributed by atoms with Gasteiger partial charge in [-0.2, -0.15) is 5.10 Å². The Morgan fingerprint density at radius 3 is 2.88 bits per heavy atom. The van der Waals surface area contributed by atoms with Gasteiger partial charge in [0.2, 0.25) is 0 Å². The van der Waals surface area contributed by atoms with E-state index < -0.39 is 0 Å². The fraction of sp³-hybridized carbons (Fsp3) is 0.769. The Hall–Kier alpha value is -0.830. The molecule has 0 aliphatic rings. The van der Waals surface area contributed by atoms with E-state index in [9.17, 15) is 0 Å². The lowest BCUT2D eigenvalue weighted by Gasteiger charge is -2.13. The summed E-state index contributed by atoms with van der Waals surface area (Å²) in [5, 5.41) is 7.86. The zero-order valence-corrected chi connectivity index (χ0v) is 10.9. The Kier molecular flexibility index (Phi) is 6.16. The highest BCUT2D eigenvalue weighted by atomic mass is 15.3. The third-order valence-corrected chi connectivity index (χ3v) is 2.82. The van der Waals surface area contributed by atoms with Crippen molar-refractivity contribution in [2.75, 3.05) is 6.54 Å². The second kappa shape index (κ2) is 7.44. The van der Waals surface area contributed by atoms with Crippen LogP contribution in [0.4, 0.5) is 0 Å². The van der Waals surface area contributed by atoms with Crippen LogP contribution < -0.4 is 5.32 Å². The van der Waals surface area contributed by atoms with Crippen LogP contribution in [0.25, 0.3) is 0 Å². The van der Waals surface area contributed by atoms with Crippen LogP contribution in [0.1, 0.15) is 45.7 Å². The number of aryl methyl sites for hydroxylation is 2. The molecule has 3 nitrogen and oxygen atoms in total. The highest BCUT2D eigenvalue weighted by Crippen LogP contribution is 2.06. The Labute approximate surface area is 99.2 Å². The van der Waals surface area contributed by atoms with Crippen molar-refractivity contribution in [1.82, 2.24) is 15.1 Å². The van der Waals surface area contributed by atoms with Crippen LogP contribution in [-0.2, 0) is 13.0 Å². The second-order valence-electron chi connectivity index (χ2n) is 4.44. The van der Waals surface area contributed by atoms with Crippen LogP contribution in [0.2, 0.25) is 0 Å². The van der Waals surface area contributed by atoms with Crippen LogP contribution in [0.15, 0.2) is 12.3 Å². The first-order valence-electron chi connectivity index (χ1n) is 6.52. The molecule has 0 aliphatic heterocycles. The molecular weight excluding hydrogens is 198 g/mol. The lowest BCUT2D eigenvalue weighted by Crippen LogP contribution is -2.27. The number of nitrogens with zero attached hydrogens (tertiary/aromatic N) is 2. The van der Waals surface area contributed by atoms with Gasteiger partial charge in [-0.3, -0.25) is 4.68 Å². The fourth-order valence-corrected chi connectivity index (χ4v) is 1.84. The van der Waals surface area contributed by atoms with E-state index >= 15 is 0 Å². The van der Waals surface area contributed by atoms with Gasteiger partial charge in [0.25, 0.3) is 0 Å². The number of rotatable bonds is 8. The van der Waals surface area contributed by atoms with Gasteiger partial charge in [-0.05, 0) is 45.2 Å². The van der Waals surface area contributed by atoms with Gasteiger partial charge in [0.1, 0.15) is 0 Å². The maximum Gasteiger partial charge on any atom is 0.0492 e. The summed E-state index contributed by atoms with van der Waals surface area (Å²) in [7, 11) is 0. The van der Waals surface area contributed by atoms with Gasteiger partial charge in [-0.1, -0.05) is 13.8 Å². The predicted octanol–water partition coefficient (Wildman–Crippen LogP) is 2.61. The molecule has 1 N–H and O–H groups in total. The van der Waals surface area contributed by atoms with Crippen molar-refractivity contribution >= 4 is 0 Å². The molecule has 0 spiro atoms. The molecule has 1 aromatic rings. The molecule has 0 amide bonds. The smallest absolute Gasteiger partial charge is 0.0492 e. The average molecular weight is 223 g/mol. The normalized spacial score (nSPS) is 12.9. The highest BCUT2D eigenvalue weighted by molar-refractivity contribution is 5.01. The molecule has 0 saturated carbocycles. The van der Waals surface area contributed by atoms with E-state index in [0.717, 1.165) is 25.9 Å². The summed E-state index contributed by atoms with van der Waals surface area (Å²) in [6.07, 6.45) is 6.58. The minimum absolute atomic E-state index is 0.602. The molecule has 16 heavy (non-hydrogen) atoms.